The molecule has 0 aliphatic carbocycles. The lowest BCUT2D eigenvalue weighted by molar-refractivity contribution is -0.384. The molecule has 1 N–H and O–H groups in total. The molecule has 1 amide bonds. The molecule has 1 aliphatic heterocycles. The quantitative estimate of drug-likeness (QED) is 0.507. The van der Waals surface area contributed by atoms with Crippen molar-refractivity contribution in [1.82, 2.24) is 0 Å². The predicted octanol–water partition coefficient (Wildman–Crippen LogP) is 3.08. The van der Waals surface area contributed by atoms with Gasteiger partial charge in [0.1, 0.15) is 0 Å². The number of morpholine rings is 1. The molecule has 26 heavy (non-hydrogen) atoms. The summed E-state index contributed by atoms with van der Waals surface area (Å²) in [5.41, 5.74) is 2.37. The van der Waals surface area contributed by atoms with E-state index in [9.17, 15) is 14.9 Å². The number of ether oxygens (including phenoxy) is 1. The summed E-state index contributed by atoms with van der Waals surface area (Å²) < 4.78 is 5.34. The normalized spacial score (nSPS) is 14.4. The Balaban J connectivity index is 1.59. The van der Waals surface area contributed by atoms with Crippen LogP contribution in [0.25, 0.3) is 6.08 Å². The summed E-state index contributed by atoms with van der Waals surface area (Å²) in [5, 5.41) is 13.5. The fourth-order valence-electron chi connectivity index (χ4n) is 2.67. The van der Waals surface area contributed by atoms with E-state index in [1.807, 2.05) is 24.3 Å². The number of nitro groups is 1. The van der Waals surface area contributed by atoms with E-state index in [0.29, 0.717) is 11.3 Å². The van der Waals surface area contributed by atoms with E-state index in [1.165, 1.54) is 18.2 Å². The van der Waals surface area contributed by atoms with Crippen LogP contribution in [0.4, 0.5) is 17.1 Å². The molecule has 1 fully saturated rings. The number of nitro benzene ring substituents is 1. The van der Waals surface area contributed by atoms with E-state index in [-0.39, 0.29) is 11.6 Å². The SMILES string of the molecule is O=C(/C=C/c1cccc([N+](=O)[O-])c1)Nc1ccc(N2CCOCC2)cc1. The first-order valence-electron chi connectivity index (χ1n) is 8.28. The van der Waals surface area contributed by atoms with Crippen LogP contribution in [0.15, 0.2) is 54.6 Å². The lowest BCUT2D eigenvalue weighted by Gasteiger charge is -2.28. The maximum absolute atomic E-state index is 12.0. The van der Waals surface area contributed by atoms with Crippen LogP contribution in [0.5, 0.6) is 0 Å². The van der Waals surface area contributed by atoms with Crippen molar-refractivity contribution in [1.29, 1.82) is 0 Å². The van der Waals surface area contributed by atoms with Gasteiger partial charge in [-0.1, -0.05) is 12.1 Å². The first-order valence-corrected chi connectivity index (χ1v) is 8.28. The monoisotopic (exact) mass is 353 g/mol. The van der Waals surface area contributed by atoms with Gasteiger partial charge in [0, 0.05) is 42.7 Å². The number of carbonyl (C=O) groups is 1. The molecule has 0 saturated carbocycles. The third kappa shape index (κ3) is 4.67. The second-order valence-electron chi connectivity index (χ2n) is 5.82. The Labute approximate surface area is 151 Å². The second kappa shape index (κ2) is 8.26. The smallest absolute Gasteiger partial charge is 0.270 e. The maximum atomic E-state index is 12.0. The molecule has 0 spiro atoms. The summed E-state index contributed by atoms with van der Waals surface area (Å²) >= 11 is 0. The number of carbonyl (C=O) groups excluding carboxylic acids is 1. The second-order valence-corrected chi connectivity index (χ2v) is 5.82. The topological polar surface area (TPSA) is 84.7 Å². The molecule has 0 bridgehead atoms. The molecule has 0 aromatic heterocycles. The summed E-state index contributed by atoms with van der Waals surface area (Å²) in [7, 11) is 0. The van der Waals surface area contributed by atoms with Crippen LogP contribution in [-0.2, 0) is 9.53 Å². The minimum absolute atomic E-state index is 0.00809. The number of nitrogens with one attached hydrogen (secondary N) is 1. The molecular weight excluding hydrogens is 334 g/mol. The molecule has 134 valence electrons. The lowest BCUT2D eigenvalue weighted by atomic mass is 10.2. The largest absolute Gasteiger partial charge is 0.378 e. The van der Waals surface area contributed by atoms with Gasteiger partial charge in [-0.05, 0) is 35.9 Å². The minimum Gasteiger partial charge on any atom is -0.378 e. The number of non-ortho nitro benzene ring substituents is 1. The van der Waals surface area contributed by atoms with Gasteiger partial charge in [-0.2, -0.15) is 0 Å². The molecule has 3 rings (SSSR count). The van der Waals surface area contributed by atoms with Crippen LogP contribution in [0.3, 0.4) is 0 Å². The summed E-state index contributed by atoms with van der Waals surface area (Å²) in [6, 6.07) is 13.7. The highest BCUT2D eigenvalue weighted by atomic mass is 16.6. The summed E-state index contributed by atoms with van der Waals surface area (Å²) in [6.45, 7) is 3.16. The zero-order chi connectivity index (χ0) is 18.4. The van der Waals surface area contributed by atoms with Gasteiger partial charge in [-0.3, -0.25) is 14.9 Å². The zero-order valence-electron chi connectivity index (χ0n) is 14.1. The molecule has 1 heterocycles. The average Bonchev–Trinajstić information content (AvgIpc) is 2.68. The highest BCUT2D eigenvalue weighted by Crippen LogP contribution is 2.19. The minimum atomic E-state index is -0.465. The van der Waals surface area contributed by atoms with Gasteiger partial charge in [-0.25, -0.2) is 0 Å². The summed E-state index contributed by atoms with van der Waals surface area (Å²) in [6.07, 6.45) is 2.90. The number of amides is 1. The zero-order valence-corrected chi connectivity index (χ0v) is 14.1. The lowest BCUT2D eigenvalue weighted by Crippen LogP contribution is -2.36. The van der Waals surface area contributed by atoms with Crippen LogP contribution in [0, 0.1) is 10.1 Å². The van der Waals surface area contributed by atoms with Gasteiger partial charge < -0.3 is 15.0 Å². The fraction of sp³-hybridized carbons (Fsp3) is 0.211. The molecule has 2 aromatic carbocycles. The molecular formula is C19H19N3O4. The van der Waals surface area contributed by atoms with Crippen molar-refractivity contribution in [2.75, 3.05) is 36.5 Å². The van der Waals surface area contributed by atoms with Crippen LogP contribution in [0.2, 0.25) is 0 Å². The van der Waals surface area contributed by atoms with E-state index < -0.39 is 4.92 Å². The van der Waals surface area contributed by atoms with E-state index in [1.54, 1.807) is 18.2 Å². The van der Waals surface area contributed by atoms with Crippen molar-refractivity contribution in [3.8, 4) is 0 Å². The van der Waals surface area contributed by atoms with Crippen molar-refractivity contribution in [3.63, 3.8) is 0 Å². The Hall–Kier alpha value is -3.19. The van der Waals surface area contributed by atoms with Crippen LogP contribution >= 0.6 is 0 Å². The molecule has 0 radical (unpaired) electrons. The molecule has 1 saturated heterocycles. The molecule has 7 nitrogen and oxygen atoms in total. The summed E-state index contributed by atoms with van der Waals surface area (Å²) in [5.74, 6) is -0.296. The Morgan fingerprint density at radius 3 is 2.58 bits per heavy atom. The van der Waals surface area contributed by atoms with Gasteiger partial charge >= 0.3 is 0 Å². The number of anilines is 2. The first kappa shape index (κ1) is 17.6. The Bertz CT molecular complexity index is 812. The third-order valence-corrected chi connectivity index (χ3v) is 4.02. The van der Waals surface area contributed by atoms with Crippen LogP contribution in [0.1, 0.15) is 5.56 Å². The van der Waals surface area contributed by atoms with Crippen LogP contribution < -0.4 is 10.2 Å². The molecule has 0 atom stereocenters. The Kier molecular flexibility index (Phi) is 5.60. The van der Waals surface area contributed by atoms with E-state index in [4.69, 9.17) is 4.74 Å². The number of benzene rings is 2. The number of hydrogen-bond acceptors (Lipinski definition) is 5. The van der Waals surface area contributed by atoms with E-state index >= 15 is 0 Å². The molecule has 0 unspecified atom stereocenters. The Morgan fingerprint density at radius 2 is 1.88 bits per heavy atom. The van der Waals surface area contributed by atoms with E-state index in [2.05, 4.69) is 10.2 Å². The first-order chi connectivity index (χ1) is 12.6. The number of nitrogens with zero attached hydrogens (tertiary/aromatic N) is 2. The maximum Gasteiger partial charge on any atom is 0.270 e. The molecule has 2 aromatic rings. The van der Waals surface area contributed by atoms with Gasteiger partial charge in [0.05, 0.1) is 18.1 Å². The third-order valence-electron chi connectivity index (χ3n) is 4.02. The van der Waals surface area contributed by atoms with E-state index in [0.717, 1.165) is 32.0 Å². The van der Waals surface area contributed by atoms with Gasteiger partial charge in [-0.15, -0.1) is 0 Å². The fourth-order valence-corrected chi connectivity index (χ4v) is 2.67. The molecule has 1 aliphatic rings. The van der Waals surface area contributed by atoms with Crippen LogP contribution in [-0.4, -0.2) is 37.1 Å². The van der Waals surface area contributed by atoms with Crippen molar-refractivity contribution in [3.05, 3.63) is 70.3 Å². The average molecular weight is 353 g/mol. The highest BCUT2D eigenvalue weighted by Gasteiger charge is 2.11. The Morgan fingerprint density at radius 1 is 1.15 bits per heavy atom. The van der Waals surface area contributed by atoms with Crippen molar-refractivity contribution < 1.29 is 14.5 Å². The van der Waals surface area contributed by atoms with Gasteiger partial charge in [0.2, 0.25) is 5.91 Å². The number of rotatable bonds is 5. The van der Waals surface area contributed by atoms with Gasteiger partial charge in [0.15, 0.2) is 0 Å². The van der Waals surface area contributed by atoms with Crippen molar-refractivity contribution in [2.24, 2.45) is 0 Å². The summed E-state index contributed by atoms with van der Waals surface area (Å²) in [4.78, 5) is 24.6. The standard InChI is InChI=1S/C19H19N3O4/c23-19(9-4-15-2-1-3-18(14-15)22(24)25)20-16-5-7-17(8-6-16)21-10-12-26-13-11-21/h1-9,14H,10-13H2,(H,20,23)/b9-4+. The molecule has 7 heteroatoms. The highest BCUT2D eigenvalue weighted by molar-refractivity contribution is 6.02. The predicted molar refractivity (Wildman–Crippen MR) is 100 cm³/mol. The van der Waals surface area contributed by atoms with Gasteiger partial charge in [0.25, 0.3) is 5.69 Å². The number of hydrogen-bond donors (Lipinski definition) is 1. The van der Waals surface area contributed by atoms with Crippen molar-refractivity contribution in [2.45, 2.75) is 0 Å². The van der Waals surface area contributed by atoms with Crippen molar-refractivity contribution >= 4 is 29.0 Å².